The van der Waals surface area contributed by atoms with Crippen LogP contribution in [0.4, 0.5) is 4.79 Å². The molecular weight excluding hydrogens is 436 g/mol. The third-order valence-corrected chi connectivity index (χ3v) is 7.18. The van der Waals surface area contributed by atoms with Crippen LogP contribution >= 0.6 is 0 Å². The third-order valence-electron chi connectivity index (χ3n) is 7.18. The summed E-state index contributed by atoms with van der Waals surface area (Å²) in [4.78, 5) is 37.4. The summed E-state index contributed by atoms with van der Waals surface area (Å²) in [6.45, 7) is 5.15. The lowest BCUT2D eigenvalue weighted by Crippen LogP contribution is -2.60. The van der Waals surface area contributed by atoms with Crippen LogP contribution in [0.1, 0.15) is 44.2 Å². The van der Waals surface area contributed by atoms with Crippen molar-refractivity contribution in [3.8, 4) is 11.1 Å². The topological polar surface area (TPSA) is 114 Å². The molecule has 180 valence electrons. The van der Waals surface area contributed by atoms with Crippen molar-refractivity contribution in [1.29, 1.82) is 0 Å². The molecule has 0 radical (unpaired) electrons. The smallest absolute Gasteiger partial charge is 0.407 e. The lowest BCUT2D eigenvalue weighted by molar-refractivity contribution is -0.149. The quantitative estimate of drug-likeness (QED) is 0.577. The van der Waals surface area contributed by atoms with Crippen molar-refractivity contribution in [3.63, 3.8) is 0 Å². The van der Waals surface area contributed by atoms with Gasteiger partial charge in [0.15, 0.2) is 0 Å². The van der Waals surface area contributed by atoms with E-state index in [4.69, 9.17) is 9.47 Å². The molecule has 1 heterocycles. The number of aliphatic carboxylic acids is 1. The summed E-state index contributed by atoms with van der Waals surface area (Å²) in [5.41, 5.74) is 1.96. The molecule has 2 amide bonds. The Kier molecular flexibility index (Phi) is 6.36. The standard InChI is InChI=1S/C26H30N2O6/c1-4-26(3,23(30)31)28-22(29)25(2)15-33-14-21(25)27-24(32)34-13-20-18-11-7-5-9-16(18)17-10-6-8-12-19(17)20/h5-12,20-21H,4,13-15H2,1-3H3,(H,27,32)(H,28,29)(H,30,31). The van der Waals surface area contributed by atoms with Gasteiger partial charge in [-0.1, -0.05) is 55.5 Å². The fourth-order valence-electron chi connectivity index (χ4n) is 4.57. The third kappa shape index (κ3) is 4.14. The van der Waals surface area contributed by atoms with Crippen LogP contribution in [0.15, 0.2) is 48.5 Å². The molecule has 3 unspecified atom stereocenters. The van der Waals surface area contributed by atoms with Crippen molar-refractivity contribution < 1.29 is 29.0 Å². The van der Waals surface area contributed by atoms with Crippen LogP contribution in [0.25, 0.3) is 11.1 Å². The average Bonchev–Trinajstić information content (AvgIpc) is 3.36. The highest BCUT2D eigenvalue weighted by molar-refractivity contribution is 5.90. The van der Waals surface area contributed by atoms with Gasteiger partial charge in [-0.25, -0.2) is 9.59 Å². The van der Waals surface area contributed by atoms with Crippen molar-refractivity contribution in [2.45, 2.75) is 44.7 Å². The number of nitrogens with one attached hydrogen (secondary N) is 2. The Morgan fingerprint density at radius 3 is 2.26 bits per heavy atom. The van der Waals surface area contributed by atoms with E-state index < -0.39 is 35.0 Å². The van der Waals surface area contributed by atoms with Gasteiger partial charge in [-0.05, 0) is 42.5 Å². The van der Waals surface area contributed by atoms with E-state index in [-0.39, 0.29) is 32.2 Å². The number of hydrogen-bond acceptors (Lipinski definition) is 5. The van der Waals surface area contributed by atoms with Crippen LogP contribution in [0.5, 0.6) is 0 Å². The van der Waals surface area contributed by atoms with E-state index in [2.05, 4.69) is 22.8 Å². The lowest BCUT2D eigenvalue weighted by Gasteiger charge is -2.33. The zero-order valence-corrected chi connectivity index (χ0v) is 19.6. The summed E-state index contributed by atoms with van der Waals surface area (Å²) in [5.74, 6) is -1.68. The minimum atomic E-state index is -1.41. The fraction of sp³-hybridized carbons (Fsp3) is 0.423. The number of carbonyl (C=O) groups is 3. The fourth-order valence-corrected chi connectivity index (χ4v) is 4.57. The molecular formula is C26H30N2O6. The molecule has 0 spiro atoms. The normalized spacial score (nSPS) is 22.9. The first-order valence-corrected chi connectivity index (χ1v) is 11.4. The molecule has 1 aliphatic heterocycles. The van der Waals surface area contributed by atoms with E-state index in [1.165, 1.54) is 6.92 Å². The van der Waals surface area contributed by atoms with Gasteiger partial charge >= 0.3 is 12.1 Å². The Morgan fingerprint density at radius 1 is 1.12 bits per heavy atom. The number of alkyl carbamates (subject to hydrolysis) is 1. The van der Waals surface area contributed by atoms with Gasteiger partial charge in [0, 0.05) is 5.92 Å². The summed E-state index contributed by atoms with van der Waals surface area (Å²) in [6, 6.07) is 15.5. The van der Waals surface area contributed by atoms with Gasteiger partial charge in [-0.15, -0.1) is 0 Å². The van der Waals surface area contributed by atoms with E-state index in [1.54, 1.807) is 13.8 Å². The predicted molar refractivity (Wildman–Crippen MR) is 125 cm³/mol. The van der Waals surface area contributed by atoms with E-state index in [1.807, 2.05) is 36.4 Å². The zero-order chi connectivity index (χ0) is 24.5. The molecule has 0 bridgehead atoms. The monoisotopic (exact) mass is 466 g/mol. The van der Waals surface area contributed by atoms with E-state index in [0.717, 1.165) is 22.3 Å². The molecule has 8 heteroatoms. The zero-order valence-electron chi connectivity index (χ0n) is 19.6. The Morgan fingerprint density at radius 2 is 1.71 bits per heavy atom. The molecule has 4 rings (SSSR count). The maximum absolute atomic E-state index is 13.0. The largest absolute Gasteiger partial charge is 0.480 e. The van der Waals surface area contributed by atoms with Crippen LogP contribution in [-0.4, -0.2) is 54.5 Å². The molecule has 2 aromatic rings. The number of ether oxygens (including phenoxy) is 2. The summed E-state index contributed by atoms with van der Waals surface area (Å²) in [6.07, 6.45) is -0.428. The molecule has 8 nitrogen and oxygen atoms in total. The van der Waals surface area contributed by atoms with Crippen LogP contribution in [0.3, 0.4) is 0 Å². The van der Waals surface area contributed by atoms with Gasteiger partial charge in [-0.2, -0.15) is 0 Å². The Hall–Kier alpha value is -3.39. The predicted octanol–water partition coefficient (Wildman–Crippen LogP) is 3.30. The second kappa shape index (κ2) is 9.10. The number of carboxylic acid groups (broad SMARTS) is 1. The molecule has 1 saturated heterocycles. The summed E-state index contributed by atoms with van der Waals surface area (Å²) in [5, 5.41) is 14.9. The molecule has 34 heavy (non-hydrogen) atoms. The second-order valence-corrected chi connectivity index (χ2v) is 9.40. The van der Waals surface area contributed by atoms with E-state index in [0.29, 0.717) is 0 Å². The number of hydrogen-bond donors (Lipinski definition) is 3. The first kappa shape index (κ1) is 23.8. The maximum Gasteiger partial charge on any atom is 0.407 e. The molecule has 0 aromatic heterocycles. The van der Waals surface area contributed by atoms with Gasteiger partial charge in [0.25, 0.3) is 0 Å². The number of amides is 2. The summed E-state index contributed by atoms with van der Waals surface area (Å²) in [7, 11) is 0. The van der Waals surface area contributed by atoms with Crippen molar-refractivity contribution in [1.82, 2.24) is 10.6 Å². The van der Waals surface area contributed by atoms with Crippen LogP contribution in [-0.2, 0) is 19.1 Å². The molecule has 2 aromatic carbocycles. The first-order chi connectivity index (χ1) is 16.2. The van der Waals surface area contributed by atoms with Crippen molar-refractivity contribution in [2.75, 3.05) is 19.8 Å². The van der Waals surface area contributed by atoms with Gasteiger partial charge in [0.05, 0.1) is 24.7 Å². The Labute approximate surface area is 198 Å². The van der Waals surface area contributed by atoms with Crippen molar-refractivity contribution >= 4 is 18.0 Å². The molecule has 3 N–H and O–H groups in total. The Balaban J connectivity index is 1.42. The minimum Gasteiger partial charge on any atom is -0.480 e. The highest BCUT2D eigenvalue weighted by Gasteiger charge is 2.49. The van der Waals surface area contributed by atoms with Gasteiger partial charge in [-0.3, -0.25) is 4.79 Å². The molecule has 0 saturated carbocycles. The minimum absolute atomic E-state index is 0.0621. The first-order valence-electron chi connectivity index (χ1n) is 11.4. The average molecular weight is 467 g/mol. The van der Waals surface area contributed by atoms with Gasteiger partial charge in [0.2, 0.25) is 5.91 Å². The highest BCUT2D eigenvalue weighted by atomic mass is 16.5. The molecule has 2 aliphatic rings. The number of benzene rings is 2. The number of rotatable bonds is 7. The SMILES string of the molecule is CCC(C)(NC(=O)C1(C)COCC1NC(=O)OCC1c2ccccc2-c2ccccc21)C(=O)O. The van der Waals surface area contributed by atoms with Crippen molar-refractivity contribution in [3.05, 3.63) is 59.7 Å². The second-order valence-electron chi connectivity index (χ2n) is 9.40. The van der Waals surface area contributed by atoms with Crippen LogP contribution < -0.4 is 10.6 Å². The molecule has 3 atom stereocenters. The van der Waals surface area contributed by atoms with Gasteiger partial charge in [0.1, 0.15) is 12.1 Å². The summed E-state index contributed by atoms with van der Waals surface area (Å²) >= 11 is 0. The summed E-state index contributed by atoms with van der Waals surface area (Å²) < 4.78 is 11.1. The molecule has 1 aliphatic carbocycles. The van der Waals surface area contributed by atoms with E-state index >= 15 is 0 Å². The van der Waals surface area contributed by atoms with Gasteiger partial charge < -0.3 is 25.2 Å². The lowest BCUT2D eigenvalue weighted by atomic mass is 9.83. The van der Waals surface area contributed by atoms with Crippen molar-refractivity contribution in [2.24, 2.45) is 5.41 Å². The number of fused-ring (bicyclic) bond motifs is 3. The van der Waals surface area contributed by atoms with Crippen LogP contribution in [0, 0.1) is 5.41 Å². The number of carboxylic acids is 1. The Bertz CT molecular complexity index is 1070. The number of carbonyl (C=O) groups excluding carboxylic acids is 2. The molecule has 1 fully saturated rings. The van der Waals surface area contributed by atoms with E-state index in [9.17, 15) is 19.5 Å². The highest BCUT2D eigenvalue weighted by Crippen LogP contribution is 2.44. The maximum atomic E-state index is 13.0. The van der Waals surface area contributed by atoms with Crippen LogP contribution in [0.2, 0.25) is 0 Å².